The van der Waals surface area contributed by atoms with Crippen LogP contribution in [0.5, 0.6) is 0 Å². The van der Waals surface area contributed by atoms with Gasteiger partial charge in [0.05, 0.1) is 5.69 Å². The molecule has 1 aliphatic rings. The zero-order valence-corrected chi connectivity index (χ0v) is 10.9. The summed E-state index contributed by atoms with van der Waals surface area (Å²) in [6.45, 7) is 7.96. The Morgan fingerprint density at radius 3 is 2.44 bits per heavy atom. The molecule has 1 fully saturated rings. The van der Waals surface area contributed by atoms with Crippen LogP contribution >= 0.6 is 0 Å². The average molecular weight is 247 g/mol. The lowest BCUT2D eigenvalue weighted by Gasteiger charge is -2.38. The Morgan fingerprint density at radius 2 is 1.89 bits per heavy atom. The molecule has 96 valence electrons. The fourth-order valence-corrected chi connectivity index (χ4v) is 2.37. The van der Waals surface area contributed by atoms with Crippen LogP contribution in [-0.2, 0) is 0 Å². The number of nitriles is 1. The molecule has 3 nitrogen and oxygen atoms in total. The number of rotatable bonds is 2. The van der Waals surface area contributed by atoms with Crippen LogP contribution in [-0.4, -0.2) is 37.1 Å². The van der Waals surface area contributed by atoms with E-state index >= 15 is 0 Å². The minimum atomic E-state index is -0.429. The minimum absolute atomic E-state index is 0.162. The van der Waals surface area contributed by atoms with Crippen LogP contribution in [0.1, 0.15) is 19.4 Å². The fourth-order valence-electron chi connectivity index (χ4n) is 2.37. The van der Waals surface area contributed by atoms with E-state index < -0.39 is 5.82 Å². The van der Waals surface area contributed by atoms with Crippen molar-refractivity contribution in [1.82, 2.24) is 4.90 Å². The van der Waals surface area contributed by atoms with Gasteiger partial charge in [-0.2, -0.15) is 5.26 Å². The zero-order valence-electron chi connectivity index (χ0n) is 10.9. The van der Waals surface area contributed by atoms with Gasteiger partial charge in [0.25, 0.3) is 0 Å². The van der Waals surface area contributed by atoms with Crippen LogP contribution < -0.4 is 4.90 Å². The first-order chi connectivity index (χ1) is 8.63. The Morgan fingerprint density at radius 1 is 1.22 bits per heavy atom. The Hall–Kier alpha value is -1.60. The van der Waals surface area contributed by atoms with Gasteiger partial charge in [-0.1, -0.05) is 6.07 Å². The van der Waals surface area contributed by atoms with Crippen molar-refractivity contribution in [2.24, 2.45) is 0 Å². The number of nitrogens with zero attached hydrogens (tertiary/aromatic N) is 3. The molecule has 1 aromatic carbocycles. The molecule has 1 aromatic rings. The number of hydrogen-bond acceptors (Lipinski definition) is 3. The summed E-state index contributed by atoms with van der Waals surface area (Å²) >= 11 is 0. The molecule has 1 saturated heterocycles. The highest BCUT2D eigenvalue weighted by atomic mass is 19.1. The molecule has 4 heteroatoms. The van der Waals surface area contributed by atoms with Gasteiger partial charge in [0, 0.05) is 32.2 Å². The fraction of sp³-hybridized carbons (Fsp3) is 0.500. The highest BCUT2D eigenvalue weighted by Crippen LogP contribution is 2.23. The molecule has 0 unspecified atom stereocenters. The van der Waals surface area contributed by atoms with Crippen LogP contribution in [0, 0.1) is 17.1 Å². The third-order valence-electron chi connectivity index (χ3n) is 3.49. The summed E-state index contributed by atoms with van der Waals surface area (Å²) in [5, 5.41) is 9.04. The first kappa shape index (κ1) is 12.8. The van der Waals surface area contributed by atoms with Crippen molar-refractivity contribution in [3.8, 4) is 6.07 Å². The molecular formula is C14H18FN3. The lowest BCUT2D eigenvalue weighted by atomic mass is 10.1. The molecule has 0 aromatic heterocycles. The van der Waals surface area contributed by atoms with E-state index in [0.29, 0.717) is 6.04 Å². The number of hydrogen-bond donors (Lipinski definition) is 0. The number of piperazine rings is 1. The molecule has 0 spiro atoms. The minimum Gasteiger partial charge on any atom is -0.368 e. The van der Waals surface area contributed by atoms with E-state index in [9.17, 15) is 4.39 Å². The van der Waals surface area contributed by atoms with E-state index in [4.69, 9.17) is 5.26 Å². The van der Waals surface area contributed by atoms with Crippen LogP contribution in [0.4, 0.5) is 10.1 Å². The van der Waals surface area contributed by atoms with E-state index in [0.717, 1.165) is 31.9 Å². The molecule has 0 N–H and O–H groups in total. The van der Waals surface area contributed by atoms with Gasteiger partial charge in [-0.05, 0) is 26.0 Å². The maximum atomic E-state index is 13.6. The maximum absolute atomic E-state index is 13.6. The van der Waals surface area contributed by atoms with Crippen molar-refractivity contribution in [3.05, 3.63) is 29.6 Å². The first-order valence-electron chi connectivity index (χ1n) is 6.31. The number of anilines is 1. The smallest absolute Gasteiger partial charge is 0.143 e. The second-order valence-electron chi connectivity index (χ2n) is 4.86. The summed E-state index contributed by atoms with van der Waals surface area (Å²) < 4.78 is 13.6. The summed E-state index contributed by atoms with van der Waals surface area (Å²) in [6.07, 6.45) is 0. The highest BCUT2D eigenvalue weighted by molar-refractivity contribution is 5.60. The summed E-state index contributed by atoms with van der Waals surface area (Å²) in [6, 6.07) is 7.33. The van der Waals surface area contributed by atoms with Gasteiger partial charge in [-0.25, -0.2) is 4.39 Å². The van der Waals surface area contributed by atoms with Crippen LogP contribution in [0.25, 0.3) is 0 Å². The van der Waals surface area contributed by atoms with Crippen molar-refractivity contribution in [1.29, 1.82) is 5.26 Å². The molecule has 0 aliphatic carbocycles. The van der Waals surface area contributed by atoms with Gasteiger partial charge < -0.3 is 4.90 Å². The molecule has 0 saturated carbocycles. The molecule has 0 bridgehead atoms. The molecule has 1 heterocycles. The third-order valence-corrected chi connectivity index (χ3v) is 3.49. The van der Waals surface area contributed by atoms with Gasteiger partial charge in [0.1, 0.15) is 17.4 Å². The van der Waals surface area contributed by atoms with Crippen LogP contribution in [0.3, 0.4) is 0 Å². The molecular weight excluding hydrogens is 229 g/mol. The second kappa shape index (κ2) is 5.36. The van der Waals surface area contributed by atoms with Gasteiger partial charge >= 0.3 is 0 Å². The molecule has 2 rings (SSSR count). The Balaban J connectivity index is 2.15. The lowest BCUT2D eigenvalue weighted by molar-refractivity contribution is 0.209. The molecule has 1 aliphatic heterocycles. The van der Waals surface area contributed by atoms with Crippen molar-refractivity contribution >= 4 is 5.69 Å². The highest BCUT2D eigenvalue weighted by Gasteiger charge is 2.21. The second-order valence-corrected chi connectivity index (χ2v) is 4.86. The first-order valence-corrected chi connectivity index (χ1v) is 6.31. The van der Waals surface area contributed by atoms with E-state index in [-0.39, 0.29) is 5.56 Å². The third kappa shape index (κ3) is 2.46. The largest absolute Gasteiger partial charge is 0.368 e. The van der Waals surface area contributed by atoms with E-state index in [1.165, 1.54) is 6.07 Å². The summed E-state index contributed by atoms with van der Waals surface area (Å²) in [5.41, 5.74) is 0.886. The number of halogens is 1. The molecule has 0 amide bonds. The summed E-state index contributed by atoms with van der Waals surface area (Å²) in [4.78, 5) is 4.49. The summed E-state index contributed by atoms with van der Waals surface area (Å²) in [5.74, 6) is -0.429. The SMILES string of the molecule is CC(C)N1CCN(c2cccc(F)c2C#N)CC1. The maximum Gasteiger partial charge on any atom is 0.143 e. The van der Waals surface area contributed by atoms with Crippen LogP contribution in [0.15, 0.2) is 18.2 Å². The quantitative estimate of drug-likeness (QED) is 0.803. The van der Waals surface area contributed by atoms with Gasteiger partial charge in [0.15, 0.2) is 0 Å². The Kier molecular flexibility index (Phi) is 3.83. The molecule has 18 heavy (non-hydrogen) atoms. The predicted molar refractivity (Wildman–Crippen MR) is 70.0 cm³/mol. The topological polar surface area (TPSA) is 30.3 Å². The summed E-state index contributed by atoms with van der Waals surface area (Å²) in [7, 11) is 0. The van der Waals surface area contributed by atoms with Crippen LogP contribution in [0.2, 0.25) is 0 Å². The van der Waals surface area contributed by atoms with Crippen molar-refractivity contribution < 1.29 is 4.39 Å². The average Bonchev–Trinajstić information content (AvgIpc) is 2.38. The van der Waals surface area contributed by atoms with E-state index in [1.54, 1.807) is 6.07 Å². The van der Waals surface area contributed by atoms with Gasteiger partial charge in [0.2, 0.25) is 0 Å². The monoisotopic (exact) mass is 247 g/mol. The van der Waals surface area contributed by atoms with Crippen molar-refractivity contribution in [2.45, 2.75) is 19.9 Å². The van der Waals surface area contributed by atoms with Crippen molar-refractivity contribution in [3.63, 3.8) is 0 Å². The zero-order chi connectivity index (χ0) is 13.1. The van der Waals surface area contributed by atoms with Gasteiger partial charge in [-0.3, -0.25) is 4.90 Å². The Labute approximate surface area is 107 Å². The molecule has 0 atom stereocenters. The van der Waals surface area contributed by atoms with Gasteiger partial charge in [-0.15, -0.1) is 0 Å². The van der Waals surface area contributed by atoms with E-state index in [1.807, 2.05) is 12.1 Å². The van der Waals surface area contributed by atoms with E-state index in [2.05, 4.69) is 23.6 Å². The normalized spacial score (nSPS) is 16.9. The standard InChI is InChI=1S/C14H18FN3/c1-11(2)17-6-8-18(9-7-17)14-5-3-4-13(15)12(14)10-16/h3-5,11H,6-9H2,1-2H3. The predicted octanol–water partition coefficient (Wildman–Crippen LogP) is 2.23. The Bertz CT molecular complexity index is 457. The van der Waals surface area contributed by atoms with Crippen molar-refractivity contribution in [2.75, 3.05) is 31.1 Å². The molecule has 0 radical (unpaired) electrons. The lowest BCUT2D eigenvalue weighted by Crippen LogP contribution is -2.49. The number of benzene rings is 1.